The number of benzene rings is 1. The van der Waals surface area contributed by atoms with Crippen molar-refractivity contribution in [2.45, 2.75) is 12.8 Å². The van der Waals surface area contributed by atoms with Gasteiger partial charge in [-0.15, -0.1) is 12.4 Å². The molecule has 19 heavy (non-hydrogen) atoms. The third-order valence-corrected chi connectivity index (χ3v) is 3.28. The summed E-state index contributed by atoms with van der Waals surface area (Å²) in [5.74, 6) is 0.385. The van der Waals surface area contributed by atoms with Gasteiger partial charge in [0.1, 0.15) is 0 Å². The van der Waals surface area contributed by atoms with Crippen LogP contribution in [0.2, 0.25) is 0 Å². The number of carbonyl (C=O) groups excluding carboxylic acids is 1. The molecular formula is C15H20ClNO2. The molecule has 0 atom stereocenters. The molecule has 1 aliphatic heterocycles. The number of nitrogens with one attached hydrogen (secondary N) is 1. The summed E-state index contributed by atoms with van der Waals surface area (Å²) in [5.41, 5.74) is 1.72. The van der Waals surface area contributed by atoms with E-state index < -0.39 is 0 Å². The van der Waals surface area contributed by atoms with Crippen LogP contribution in [0.1, 0.15) is 28.8 Å². The second-order valence-corrected chi connectivity index (χ2v) is 4.56. The molecular weight excluding hydrogens is 262 g/mol. The van der Waals surface area contributed by atoms with Gasteiger partial charge < -0.3 is 10.1 Å². The molecule has 0 bridgehead atoms. The first-order valence-corrected chi connectivity index (χ1v) is 6.37. The Balaban J connectivity index is 0.00000180. The second kappa shape index (κ2) is 7.97. The van der Waals surface area contributed by atoms with Crippen molar-refractivity contribution in [1.82, 2.24) is 5.32 Å². The lowest BCUT2D eigenvalue weighted by Gasteiger charge is -2.19. The van der Waals surface area contributed by atoms with E-state index in [1.165, 1.54) is 20.0 Å². The van der Waals surface area contributed by atoms with Crippen LogP contribution in [0.25, 0.3) is 6.08 Å². The highest BCUT2D eigenvalue weighted by molar-refractivity contribution is 5.89. The van der Waals surface area contributed by atoms with Crippen molar-refractivity contribution >= 4 is 24.5 Å². The molecule has 1 fully saturated rings. The second-order valence-electron chi connectivity index (χ2n) is 4.56. The molecule has 0 unspecified atom stereocenters. The largest absolute Gasteiger partial charge is 0.465 e. The molecule has 3 nitrogen and oxygen atoms in total. The molecule has 0 amide bonds. The summed E-state index contributed by atoms with van der Waals surface area (Å²) in [5, 5.41) is 3.35. The van der Waals surface area contributed by atoms with Crippen molar-refractivity contribution in [2.75, 3.05) is 20.2 Å². The lowest BCUT2D eigenvalue weighted by Crippen LogP contribution is -2.26. The van der Waals surface area contributed by atoms with Crippen molar-refractivity contribution in [3.05, 3.63) is 41.5 Å². The van der Waals surface area contributed by atoms with Crippen LogP contribution in [0.3, 0.4) is 0 Å². The van der Waals surface area contributed by atoms with Crippen LogP contribution >= 0.6 is 12.4 Å². The van der Waals surface area contributed by atoms with Gasteiger partial charge in [-0.05, 0) is 49.5 Å². The quantitative estimate of drug-likeness (QED) is 0.866. The number of allylic oxidation sites excluding steroid dienone is 1. The number of ether oxygens (including phenoxy) is 1. The Morgan fingerprint density at radius 2 is 1.89 bits per heavy atom. The molecule has 0 radical (unpaired) electrons. The standard InChI is InChI=1S/C15H19NO2.ClH/c1-18-15(17)14-6-4-12(5-7-14)2-3-13-8-10-16-11-9-13;/h2-7,13,16H,8-11H2,1H3;1H/b3-2+;. The molecule has 0 aromatic heterocycles. The van der Waals surface area contributed by atoms with Gasteiger partial charge in [0.25, 0.3) is 0 Å². The summed E-state index contributed by atoms with van der Waals surface area (Å²) < 4.78 is 4.67. The summed E-state index contributed by atoms with van der Waals surface area (Å²) in [6.07, 6.45) is 6.82. The van der Waals surface area contributed by atoms with E-state index >= 15 is 0 Å². The maximum absolute atomic E-state index is 11.3. The number of rotatable bonds is 3. The highest BCUT2D eigenvalue weighted by Gasteiger charge is 2.09. The van der Waals surface area contributed by atoms with Crippen molar-refractivity contribution in [3.8, 4) is 0 Å². The topological polar surface area (TPSA) is 38.3 Å². The molecule has 104 valence electrons. The number of methoxy groups -OCH3 is 1. The number of hydrogen-bond donors (Lipinski definition) is 1. The maximum atomic E-state index is 11.3. The first kappa shape index (κ1) is 15.7. The lowest BCUT2D eigenvalue weighted by molar-refractivity contribution is 0.0601. The van der Waals surface area contributed by atoms with Gasteiger partial charge in [-0.1, -0.05) is 24.3 Å². The van der Waals surface area contributed by atoms with Gasteiger partial charge in [-0.2, -0.15) is 0 Å². The molecule has 1 aliphatic rings. The summed E-state index contributed by atoms with van der Waals surface area (Å²) in [4.78, 5) is 11.3. The minimum Gasteiger partial charge on any atom is -0.465 e. The predicted octanol–water partition coefficient (Wildman–Crippen LogP) is 2.91. The van der Waals surface area contributed by atoms with E-state index in [-0.39, 0.29) is 18.4 Å². The Bertz CT molecular complexity index is 422. The van der Waals surface area contributed by atoms with Gasteiger partial charge in [0.15, 0.2) is 0 Å². The first-order chi connectivity index (χ1) is 8.79. The molecule has 1 heterocycles. The Labute approximate surface area is 120 Å². The average molecular weight is 282 g/mol. The predicted molar refractivity (Wildman–Crippen MR) is 79.7 cm³/mol. The third kappa shape index (κ3) is 4.69. The Kier molecular flexibility index (Phi) is 6.60. The minimum atomic E-state index is -0.288. The Morgan fingerprint density at radius 3 is 2.47 bits per heavy atom. The van der Waals surface area contributed by atoms with E-state index in [1.54, 1.807) is 12.1 Å². The van der Waals surface area contributed by atoms with Crippen LogP contribution in [0.15, 0.2) is 30.3 Å². The molecule has 2 rings (SSSR count). The minimum absolute atomic E-state index is 0. The zero-order valence-electron chi connectivity index (χ0n) is 11.1. The number of piperidine rings is 1. The smallest absolute Gasteiger partial charge is 0.337 e. The van der Waals surface area contributed by atoms with Crippen LogP contribution < -0.4 is 5.32 Å². The molecule has 0 aliphatic carbocycles. The summed E-state index contributed by atoms with van der Waals surface area (Å²) >= 11 is 0. The molecule has 4 heteroatoms. The fourth-order valence-corrected chi connectivity index (χ4v) is 2.13. The van der Waals surface area contributed by atoms with Gasteiger partial charge in [0, 0.05) is 0 Å². The van der Waals surface area contributed by atoms with E-state index in [9.17, 15) is 4.79 Å². The highest BCUT2D eigenvalue weighted by atomic mass is 35.5. The fraction of sp³-hybridized carbons (Fsp3) is 0.400. The van der Waals surface area contributed by atoms with E-state index in [0.717, 1.165) is 18.7 Å². The van der Waals surface area contributed by atoms with Crippen LogP contribution in [0.4, 0.5) is 0 Å². The zero-order valence-corrected chi connectivity index (χ0v) is 11.9. The van der Waals surface area contributed by atoms with Gasteiger partial charge >= 0.3 is 5.97 Å². The first-order valence-electron chi connectivity index (χ1n) is 6.37. The molecule has 0 saturated carbocycles. The Hall–Kier alpha value is -1.32. The average Bonchev–Trinajstić information content (AvgIpc) is 2.46. The van der Waals surface area contributed by atoms with Crippen molar-refractivity contribution < 1.29 is 9.53 Å². The van der Waals surface area contributed by atoms with Gasteiger partial charge in [0.2, 0.25) is 0 Å². The molecule has 1 aromatic carbocycles. The number of halogens is 1. The van der Waals surface area contributed by atoms with Crippen molar-refractivity contribution in [2.24, 2.45) is 5.92 Å². The van der Waals surface area contributed by atoms with Crippen molar-refractivity contribution in [3.63, 3.8) is 0 Å². The summed E-state index contributed by atoms with van der Waals surface area (Å²) in [7, 11) is 1.40. The van der Waals surface area contributed by atoms with Crippen LogP contribution in [0, 0.1) is 5.92 Å². The number of hydrogen-bond acceptors (Lipinski definition) is 3. The zero-order chi connectivity index (χ0) is 12.8. The normalized spacial score (nSPS) is 16.1. The maximum Gasteiger partial charge on any atom is 0.337 e. The third-order valence-electron chi connectivity index (χ3n) is 3.28. The highest BCUT2D eigenvalue weighted by Crippen LogP contribution is 2.15. The monoisotopic (exact) mass is 281 g/mol. The SMILES string of the molecule is COC(=O)c1ccc(/C=C/C2CCNCC2)cc1.Cl. The molecule has 1 N–H and O–H groups in total. The summed E-state index contributed by atoms with van der Waals surface area (Å²) in [6, 6.07) is 7.50. The summed E-state index contributed by atoms with van der Waals surface area (Å²) in [6.45, 7) is 2.21. The molecule has 0 spiro atoms. The molecule has 1 aromatic rings. The van der Waals surface area contributed by atoms with E-state index in [1.807, 2.05) is 12.1 Å². The number of carbonyl (C=O) groups is 1. The van der Waals surface area contributed by atoms with Gasteiger partial charge in [-0.25, -0.2) is 4.79 Å². The van der Waals surface area contributed by atoms with Crippen LogP contribution in [0.5, 0.6) is 0 Å². The Morgan fingerprint density at radius 1 is 1.26 bits per heavy atom. The van der Waals surface area contributed by atoms with Gasteiger partial charge in [0.05, 0.1) is 12.7 Å². The van der Waals surface area contributed by atoms with Crippen molar-refractivity contribution in [1.29, 1.82) is 0 Å². The van der Waals surface area contributed by atoms with E-state index in [0.29, 0.717) is 11.5 Å². The fourth-order valence-electron chi connectivity index (χ4n) is 2.13. The number of esters is 1. The van der Waals surface area contributed by atoms with E-state index in [2.05, 4.69) is 22.2 Å². The lowest BCUT2D eigenvalue weighted by atomic mass is 9.97. The van der Waals surface area contributed by atoms with E-state index in [4.69, 9.17) is 0 Å². The molecule has 1 saturated heterocycles. The van der Waals surface area contributed by atoms with Crippen LogP contribution in [-0.4, -0.2) is 26.2 Å². The van der Waals surface area contributed by atoms with Crippen LogP contribution in [-0.2, 0) is 4.74 Å². The van der Waals surface area contributed by atoms with Gasteiger partial charge in [-0.3, -0.25) is 0 Å².